The van der Waals surface area contributed by atoms with Gasteiger partial charge in [-0.1, -0.05) is 12.2 Å². The van der Waals surface area contributed by atoms with Crippen LogP contribution >= 0.6 is 12.2 Å². The summed E-state index contributed by atoms with van der Waals surface area (Å²) in [7, 11) is -0.399. The Morgan fingerprint density at radius 2 is 1.94 bits per heavy atom. The molecule has 0 amide bonds. The summed E-state index contributed by atoms with van der Waals surface area (Å²) in [5, 5.41) is 0. The average molecular weight is 288 g/mol. The molecular weight excluding hydrogens is 272 g/mol. The van der Waals surface area contributed by atoms with E-state index >= 15 is 0 Å². The molecule has 5 nitrogen and oxygen atoms in total. The summed E-state index contributed by atoms with van der Waals surface area (Å²) in [6, 6.07) is 6.72. The molecule has 1 aromatic rings. The lowest BCUT2D eigenvalue weighted by molar-refractivity contribution is 0.217. The number of methoxy groups -OCH3 is 1. The Labute approximate surface area is 113 Å². The number of rotatable bonds is 6. The lowest BCUT2D eigenvalue weighted by Gasteiger charge is -2.19. The fourth-order valence-corrected chi connectivity index (χ4v) is 2.55. The van der Waals surface area contributed by atoms with E-state index in [0.29, 0.717) is 11.3 Å². The van der Waals surface area contributed by atoms with Crippen LogP contribution in [0.4, 0.5) is 5.69 Å². The molecule has 0 atom stereocenters. The van der Waals surface area contributed by atoms with E-state index in [1.54, 1.807) is 24.3 Å². The Kier molecular flexibility index (Phi) is 5.06. The van der Waals surface area contributed by atoms with Gasteiger partial charge in [0, 0.05) is 19.7 Å². The van der Waals surface area contributed by atoms with Crippen LogP contribution in [0.15, 0.2) is 24.3 Å². The topological polar surface area (TPSA) is 72.6 Å². The second-order valence-electron chi connectivity index (χ2n) is 3.69. The van der Waals surface area contributed by atoms with Gasteiger partial charge in [0.1, 0.15) is 4.99 Å². The minimum Gasteiger partial charge on any atom is -0.389 e. The summed E-state index contributed by atoms with van der Waals surface area (Å²) in [5.41, 5.74) is 6.74. The van der Waals surface area contributed by atoms with Gasteiger partial charge in [-0.05, 0) is 24.3 Å². The minimum atomic E-state index is -3.36. The predicted molar refractivity (Wildman–Crippen MR) is 76.4 cm³/mol. The zero-order valence-electron chi connectivity index (χ0n) is 10.3. The lowest BCUT2D eigenvalue weighted by Crippen LogP contribution is -2.30. The van der Waals surface area contributed by atoms with Crippen LogP contribution < -0.4 is 10.0 Å². The van der Waals surface area contributed by atoms with Gasteiger partial charge in [-0.2, -0.15) is 0 Å². The third-order valence-electron chi connectivity index (χ3n) is 2.48. The van der Waals surface area contributed by atoms with E-state index in [1.807, 2.05) is 0 Å². The maximum Gasteiger partial charge on any atom is 0.237 e. The maximum absolute atomic E-state index is 11.9. The van der Waals surface area contributed by atoms with E-state index in [9.17, 15) is 8.42 Å². The van der Waals surface area contributed by atoms with Gasteiger partial charge in [-0.25, -0.2) is 8.42 Å². The summed E-state index contributed by atoms with van der Waals surface area (Å²) in [6.07, 6.45) is 0. The largest absolute Gasteiger partial charge is 0.389 e. The first-order chi connectivity index (χ1) is 8.38. The van der Waals surface area contributed by atoms with Crippen molar-refractivity contribution in [3.63, 3.8) is 0 Å². The van der Waals surface area contributed by atoms with Crippen molar-refractivity contribution in [2.24, 2.45) is 5.73 Å². The van der Waals surface area contributed by atoms with E-state index in [-0.39, 0.29) is 17.3 Å². The molecule has 0 aliphatic heterocycles. The second-order valence-corrected chi connectivity index (χ2v) is 6.25. The molecule has 0 saturated heterocycles. The van der Waals surface area contributed by atoms with Crippen molar-refractivity contribution in [3.8, 4) is 0 Å². The van der Waals surface area contributed by atoms with E-state index in [2.05, 4.69) is 0 Å². The van der Waals surface area contributed by atoms with Gasteiger partial charge < -0.3 is 10.5 Å². The standard InChI is InChI=1S/C11H16N2O3S2/c1-13(18(14,15)8-7-16-2)10-5-3-9(4-6-10)11(12)17/h3-6H,7-8H2,1-2H3,(H2,12,17). The molecule has 1 rings (SSSR count). The molecule has 7 heteroatoms. The van der Waals surface area contributed by atoms with E-state index in [1.165, 1.54) is 18.5 Å². The van der Waals surface area contributed by atoms with Gasteiger partial charge in [0.25, 0.3) is 0 Å². The number of hydrogen-bond acceptors (Lipinski definition) is 4. The third kappa shape index (κ3) is 3.66. The van der Waals surface area contributed by atoms with E-state index < -0.39 is 10.0 Å². The van der Waals surface area contributed by atoms with Crippen LogP contribution in [-0.4, -0.2) is 39.9 Å². The summed E-state index contributed by atoms with van der Waals surface area (Å²) in [4.78, 5) is 0.284. The zero-order chi connectivity index (χ0) is 13.8. The summed E-state index contributed by atoms with van der Waals surface area (Å²) < 4.78 is 29.8. The third-order valence-corrected chi connectivity index (χ3v) is 4.44. The molecule has 0 heterocycles. The van der Waals surface area contributed by atoms with E-state index in [4.69, 9.17) is 22.7 Å². The molecule has 100 valence electrons. The minimum absolute atomic E-state index is 0.0585. The van der Waals surface area contributed by atoms with Crippen molar-refractivity contribution in [3.05, 3.63) is 29.8 Å². The van der Waals surface area contributed by atoms with E-state index in [0.717, 1.165) is 0 Å². The van der Waals surface area contributed by atoms with Crippen molar-refractivity contribution >= 4 is 32.9 Å². The average Bonchev–Trinajstić information content (AvgIpc) is 2.35. The van der Waals surface area contributed by atoms with Gasteiger partial charge in [0.2, 0.25) is 10.0 Å². The van der Waals surface area contributed by atoms with Crippen LogP contribution in [0.25, 0.3) is 0 Å². The van der Waals surface area contributed by atoms with Gasteiger partial charge in [0.05, 0.1) is 18.0 Å². The normalized spacial score (nSPS) is 11.2. The van der Waals surface area contributed by atoms with Gasteiger partial charge in [-0.15, -0.1) is 0 Å². The van der Waals surface area contributed by atoms with Gasteiger partial charge in [0.15, 0.2) is 0 Å². The number of thiocarbonyl (C=S) groups is 1. The Bertz CT molecular complexity index is 512. The molecule has 0 aliphatic rings. The fourth-order valence-electron chi connectivity index (χ4n) is 1.32. The number of nitrogens with two attached hydrogens (primary N) is 1. The highest BCUT2D eigenvalue weighted by atomic mass is 32.2. The molecule has 2 N–H and O–H groups in total. The molecule has 0 radical (unpaired) electrons. The highest BCUT2D eigenvalue weighted by Gasteiger charge is 2.17. The monoisotopic (exact) mass is 288 g/mol. The maximum atomic E-state index is 11.9. The number of sulfonamides is 1. The number of hydrogen-bond donors (Lipinski definition) is 1. The molecule has 0 bridgehead atoms. The first-order valence-electron chi connectivity index (χ1n) is 5.24. The molecule has 0 saturated carbocycles. The first-order valence-corrected chi connectivity index (χ1v) is 7.25. The summed E-state index contributed by atoms with van der Waals surface area (Å²) >= 11 is 4.83. The number of nitrogens with zero attached hydrogens (tertiary/aromatic N) is 1. The zero-order valence-corrected chi connectivity index (χ0v) is 11.9. The van der Waals surface area contributed by atoms with Crippen LogP contribution in [0, 0.1) is 0 Å². The number of ether oxygens (including phenoxy) is 1. The molecule has 0 unspecified atom stereocenters. The van der Waals surface area contributed by atoms with Crippen molar-refractivity contribution in [2.75, 3.05) is 30.8 Å². The lowest BCUT2D eigenvalue weighted by atomic mass is 10.2. The molecule has 0 spiro atoms. The van der Waals surface area contributed by atoms with Crippen molar-refractivity contribution in [1.82, 2.24) is 0 Å². The predicted octanol–water partition coefficient (Wildman–Crippen LogP) is 0.733. The molecule has 0 aliphatic carbocycles. The number of anilines is 1. The molecule has 0 aromatic heterocycles. The SMILES string of the molecule is COCCS(=O)(=O)N(C)c1ccc(C(N)=S)cc1. The Balaban J connectivity index is 2.90. The highest BCUT2D eigenvalue weighted by molar-refractivity contribution is 7.92. The van der Waals surface area contributed by atoms with Crippen molar-refractivity contribution < 1.29 is 13.2 Å². The first kappa shape index (κ1) is 14.9. The van der Waals surface area contributed by atoms with Crippen LogP contribution in [0.5, 0.6) is 0 Å². The molecular formula is C11H16N2O3S2. The van der Waals surface area contributed by atoms with Crippen molar-refractivity contribution in [1.29, 1.82) is 0 Å². The summed E-state index contributed by atoms with van der Waals surface area (Å²) in [5.74, 6) is -0.0585. The van der Waals surface area contributed by atoms with Crippen molar-refractivity contribution in [2.45, 2.75) is 0 Å². The van der Waals surface area contributed by atoms with Gasteiger partial charge in [-0.3, -0.25) is 4.31 Å². The van der Waals surface area contributed by atoms with Crippen LogP contribution in [0.2, 0.25) is 0 Å². The van der Waals surface area contributed by atoms with Crippen LogP contribution in [-0.2, 0) is 14.8 Å². The Hall–Kier alpha value is -1.18. The highest BCUT2D eigenvalue weighted by Crippen LogP contribution is 2.17. The molecule has 18 heavy (non-hydrogen) atoms. The van der Waals surface area contributed by atoms with Crippen LogP contribution in [0.3, 0.4) is 0 Å². The smallest absolute Gasteiger partial charge is 0.237 e. The Morgan fingerprint density at radius 1 is 1.39 bits per heavy atom. The second kappa shape index (κ2) is 6.12. The fraction of sp³-hybridized carbons (Fsp3) is 0.364. The van der Waals surface area contributed by atoms with Gasteiger partial charge >= 0.3 is 0 Å². The molecule has 1 aromatic carbocycles. The number of benzene rings is 1. The quantitative estimate of drug-likeness (QED) is 0.781. The Morgan fingerprint density at radius 3 is 2.39 bits per heavy atom. The summed E-state index contributed by atoms with van der Waals surface area (Å²) in [6.45, 7) is 0.164. The molecule has 0 fully saturated rings. The van der Waals surface area contributed by atoms with Crippen LogP contribution in [0.1, 0.15) is 5.56 Å².